The molecular formula is C23H15F3N2O2. The van der Waals surface area contributed by atoms with Crippen molar-refractivity contribution in [2.24, 2.45) is 0 Å². The second-order valence-corrected chi connectivity index (χ2v) is 6.59. The molecular weight excluding hydrogens is 393 g/mol. The molecule has 0 bridgehead atoms. The van der Waals surface area contributed by atoms with E-state index in [0.717, 1.165) is 12.1 Å². The number of ketones is 1. The van der Waals surface area contributed by atoms with Crippen molar-refractivity contribution >= 4 is 22.9 Å². The van der Waals surface area contributed by atoms with Gasteiger partial charge in [0.25, 0.3) is 11.7 Å². The molecule has 0 unspecified atom stereocenters. The highest BCUT2D eigenvalue weighted by Gasteiger charge is 2.34. The number of pyridine rings is 1. The van der Waals surface area contributed by atoms with Gasteiger partial charge in [-0.2, -0.15) is 13.2 Å². The van der Waals surface area contributed by atoms with Crippen LogP contribution in [-0.2, 0) is 11.0 Å². The van der Waals surface area contributed by atoms with Crippen LogP contribution in [-0.4, -0.2) is 16.1 Å². The van der Waals surface area contributed by atoms with Gasteiger partial charge >= 0.3 is 6.18 Å². The molecule has 0 fully saturated rings. The Morgan fingerprint density at radius 2 is 1.50 bits per heavy atom. The van der Waals surface area contributed by atoms with Gasteiger partial charge in [0, 0.05) is 17.3 Å². The molecule has 0 saturated carbocycles. The third kappa shape index (κ3) is 3.57. The predicted molar refractivity (Wildman–Crippen MR) is 107 cm³/mol. The smallest absolute Gasteiger partial charge is 0.318 e. The van der Waals surface area contributed by atoms with Crippen LogP contribution in [0.2, 0.25) is 0 Å². The summed E-state index contributed by atoms with van der Waals surface area (Å²) < 4.78 is 41.2. The topological polar surface area (TPSA) is 50.6 Å². The highest BCUT2D eigenvalue weighted by molar-refractivity contribution is 6.47. The molecule has 0 aliphatic carbocycles. The van der Waals surface area contributed by atoms with Gasteiger partial charge in [-0.15, -0.1) is 0 Å². The van der Waals surface area contributed by atoms with Crippen molar-refractivity contribution in [3.8, 4) is 11.1 Å². The molecule has 30 heavy (non-hydrogen) atoms. The largest absolute Gasteiger partial charge is 0.418 e. The third-order valence-electron chi connectivity index (χ3n) is 4.67. The number of hydrogen-bond donors (Lipinski definition) is 1. The molecule has 150 valence electrons. The van der Waals surface area contributed by atoms with Crippen molar-refractivity contribution < 1.29 is 22.8 Å². The molecule has 4 rings (SSSR count). The number of carbonyl (C=O) groups is 2. The van der Waals surface area contributed by atoms with Crippen molar-refractivity contribution in [3.05, 3.63) is 96.3 Å². The van der Waals surface area contributed by atoms with E-state index in [-0.39, 0.29) is 5.69 Å². The average molecular weight is 408 g/mol. The van der Waals surface area contributed by atoms with Gasteiger partial charge in [0.15, 0.2) is 0 Å². The van der Waals surface area contributed by atoms with Crippen LogP contribution in [0.15, 0.2) is 85.1 Å². The van der Waals surface area contributed by atoms with Crippen molar-refractivity contribution in [2.45, 2.75) is 6.18 Å². The molecule has 4 aromatic rings. The summed E-state index contributed by atoms with van der Waals surface area (Å²) >= 11 is 0. The zero-order valence-electron chi connectivity index (χ0n) is 15.5. The quantitative estimate of drug-likeness (QED) is 0.361. The van der Waals surface area contributed by atoms with Crippen LogP contribution in [0.25, 0.3) is 16.6 Å². The number of aromatic nitrogens is 1. The Kier molecular flexibility index (Phi) is 4.87. The minimum absolute atomic E-state index is 0.0822. The maximum atomic E-state index is 13.2. The molecule has 0 aliphatic rings. The summed E-state index contributed by atoms with van der Waals surface area (Å²) in [4.78, 5) is 25.7. The number of fused-ring (bicyclic) bond motifs is 1. The van der Waals surface area contributed by atoms with Gasteiger partial charge in [-0.1, -0.05) is 48.5 Å². The first-order valence-corrected chi connectivity index (χ1v) is 9.03. The van der Waals surface area contributed by atoms with Crippen LogP contribution in [0.3, 0.4) is 0 Å². The highest BCUT2D eigenvalue weighted by Crippen LogP contribution is 2.35. The Balaban J connectivity index is 1.77. The zero-order chi connectivity index (χ0) is 21.3. The summed E-state index contributed by atoms with van der Waals surface area (Å²) in [6, 6.07) is 20.6. The lowest BCUT2D eigenvalue weighted by Gasteiger charge is -2.13. The number of nitrogens with zero attached hydrogens (tertiary/aromatic N) is 1. The minimum atomic E-state index is -4.66. The fraction of sp³-hybridized carbons (Fsp3) is 0.0435. The van der Waals surface area contributed by atoms with E-state index in [1.165, 1.54) is 12.1 Å². The molecule has 2 aromatic carbocycles. The Morgan fingerprint density at radius 1 is 0.833 bits per heavy atom. The molecule has 0 aliphatic heterocycles. The number of rotatable bonds is 4. The number of alkyl halides is 3. The summed E-state index contributed by atoms with van der Waals surface area (Å²) in [7, 11) is 0. The Labute approximate surface area is 169 Å². The average Bonchev–Trinajstić information content (AvgIpc) is 3.13. The number of para-hydroxylation sites is 1. The fourth-order valence-corrected chi connectivity index (χ4v) is 3.32. The van der Waals surface area contributed by atoms with Crippen molar-refractivity contribution in [1.29, 1.82) is 0 Å². The van der Waals surface area contributed by atoms with E-state index >= 15 is 0 Å². The zero-order valence-corrected chi connectivity index (χ0v) is 15.5. The summed E-state index contributed by atoms with van der Waals surface area (Å²) in [5.41, 5.74) is 0.515. The van der Waals surface area contributed by atoms with Crippen LogP contribution < -0.4 is 5.32 Å². The molecule has 0 atom stereocenters. The normalized spacial score (nSPS) is 11.4. The van der Waals surface area contributed by atoms with Crippen molar-refractivity contribution in [1.82, 2.24) is 4.40 Å². The lowest BCUT2D eigenvalue weighted by molar-refractivity contribution is -0.137. The summed E-state index contributed by atoms with van der Waals surface area (Å²) in [6.45, 7) is 0. The fourth-order valence-electron chi connectivity index (χ4n) is 3.32. The SMILES string of the molecule is O=C(Nc1ccccc1C(F)(F)F)C(=O)c1c(-c2ccccc2)cc2ccccn12. The van der Waals surface area contributed by atoms with E-state index in [1.807, 2.05) is 6.07 Å². The van der Waals surface area contributed by atoms with Crippen molar-refractivity contribution in [2.75, 3.05) is 5.32 Å². The maximum absolute atomic E-state index is 13.2. The number of nitrogens with one attached hydrogen (secondary N) is 1. The van der Waals surface area contributed by atoms with Gasteiger partial charge < -0.3 is 9.72 Å². The van der Waals surface area contributed by atoms with E-state index in [2.05, 4.69) is 5.32 Å². The van der Waals surface area contributed by atoms with E-state index in [1.54, 1.807) is 59.1 Å². The second kappa shape index (κ2) is 7.51. The van der Waals surface area contributed by atoms with Gasteiger partial charge in [0.2, 0.25) is 0 Å². The highest BCUT2D eigenvalue weighted by atomic mass is 19.4. The van der Waals surface area contributed by atoms with Crippen LogP contribution >= 0.6 is 0 Å². The number of benzene rings is 2. The molecule has 4 nitrogen and oxygen atoms in total. The minimum Gasteiger partial charge on any atom is -0.318 e. The van der Waals surface area contributed by atoms with E-state index < -0.39 is 29.1 Å². The number of anilines is 1. The van der Waals surface area contributed by atoms with E-state index in [9.17, 15) is 22.8 Å². The first kappa shape index (κ1) is 19.4. The van der Waals surface area contributed by atoms with E-state index in [0.29, 0.717) is 16.6 Å². The summed E-state index contributed by atoms with van der Waals surface area (Å²) in [5.74, 6) is -2.08. The number of hydrogen-bond acceptors (Lipinski definition) is 2. The summed E-state index contributed by atoms with van der Waals surface area (Å²) in [5, 5.41) is 2.13. The van der Waals surface area contributed by atoms with Gasteiger partial charge in [-0.25, -0.2) is 0 Å². The molecule has 2 heterocycles. The van der Waals surface area contributed by atoms with Crippen LogP contribution in [0.4, 0.5) is 18.9 Å². The number of halogens is 3. The molecule has 1 N–H and O–H groups in total. The lowest BCUT2D eigenvalue weighted by Crippen LogP contribution is -2.26. The van der Waals surface area contributed by atoms with Gasteiger partial charge in [0.05, 0.1) is 11.3 Å². The van der Waals surface area contributed by atoms with E-state index in [4.69, 9.17) is 0 Å². The molecule has 2 aromatic heterocycles. The first-order chi connectivity index (χ1) is 14.4. The number of Topliss-reactive ketones (excluding diaryl/α,β-unsaturated/α-hetero) is 1. The van der Waals surface area contributed by atoms with Crippen molar-refractivity contribution in [3.63, 3.8) is 0 Å². The van der Waals surface area contributed by atoms with Gasteiger partial charge in [-0.3, -0.25) is 9.59 Å². The van der Waals surface area contributed by atoms with Crippen LogP contribution in [0.5, 0.6) is 0 Å². The summed E-state index contributed by atoms with van der Waals surface area (Å²) in [6.07, 6.45) is -3.03. The third-order valence-corrected chi connectivity index (χ3v) is 4.67. The Hall–Kier alpha value is -3.87. The molecule has 0 saturated heterocycles. The molecule has 1 amide bonds. The lowest BCUT2D eigenvalue weighted by atomic mass is 10.0. The van der Waals surface area contributed by atoms with Gasteiger partial charge in [-0.05, 0) is 35.9 Å². The molecule has 0 spiro atoms. The van der Waals surface area contributed by atoms with Crippen LogP contribution in [0, 0.1) is 0 Å². The van der Waals surface area contributed by atoms with Gasteiger partial charge in [0.1, 0.15) is 5.69 Å². The Bertz CT molecular complexity index is 1240. The molecule has 0 radical (unpaired) electrons. The first-order valence-electron chi connectivity index (χ1n) is 9.03. The number of carbonyl (C=O) groups excluding carboxylic acids is 2. The maximum Gasteiger partial charge on any atom is 0.418 e. The molecule has 7 heteroatoms. The monoisotopic (exact) mass is 408 g/mol. The number of amides is 1. The standard InChI is InChI=1S/C23H15F3N2O2/c24-23(25,26)18-11-4-5-12-19(18)27-22(30)21(29)20-17(15-8-2-1-3-9-15)14-16-10-6-7-13-28(16)20/h1-14H,(H,27,30). The second-order valence-electron chi connectivity index (χ2n) is 6.59. The predicted octanol–water partition coefficient (Wildman–Crippen LogP) is 5.45. The Morgan fingerprint density at radius 3 is 2.23 bits per heavy atom. The van der Waals surface area contributed by atoms with Crippen LogP contribution in [0.1, 0.15) is 16.1 Å².